The minimum absolute atomic E-state index is 0.0879. The average molecular weight is 184 g/mol. The molecule has 0 aliphatic rings. The quantitative estimate of drug-likeness (QED) is 0.404. The maximum atomic E-state index is 7.34. The molecule has 0 radical (unpaired) electrons. The first-order chi connectivity index (χ1) is 5.57. The highest BCUT2D eigenvalue weighted by Crippen LogP contribution is 2.21. The first-order valence-electron chi connectivity index (χ1n) is 3.50. The number of aryl methyl sites for hydroxylation is 2. The highest BCUT2D eigenvalue weighted by Gasteiger charge is 2.13. The minimum Gasteiger partial charge on any atom is -0.384 e. The largest absolute Gasteiger partial charge is 0.384 e. The van der Waals surface area contributed by atoms with Crippen LogP contribution >= 0.6 is 11.8 Å². The van der Waals surface area contributed by atoms with Gasteiger partial charge in [0.05, 0.1) is 11.3 Å². The second-order valence-corrected chi connectivity index (χ2v) is 3.30. The van der Waals surface area contributed by atoms with Crippen molar-refractivity contribution in [3.8, 4) is 0 Å². The van der Waals surface area contributed by atoms with Crippen LogP contribution in [0, 0.1) is 12.3 Å². The molecule has 0 aliphatic carbocycles. The zero-order chi connectivity index (χ0) is 9.30. The predicted octanol–water partition coefficient (Wildman–Crippen LogP) is 0.734. The third kappa shape index (κ3) is 1.32. The van der Waals surface area contributed by atoms with E-state index >= 15 is 0 Å². The molecular weight excluding hydrogens is 172 g/mol. The lowest BCUT2D eigenvalue weighted by Crippen LogP contribution is -2.12. The van der Waals surface area contributed by atoms with Crippen molar-refractivity contribution in [3.05, 3.63) is 11.3 Å². The van der Waals surface area contributed by atoms with Gasteiger partial charge in [0, 0.05) is 7.05 Å². The Labute approximate surface area is 75.6 Å². The van der Waals surface area contributed by atoms with Crippen molar-refractivity contribution in [1.82, 2.24) is 9.78 Å². The lowest BCUT2D eigenvalue weighted by Gasteiger charge is -1.99. The molecule has 0 spiro atoms. The van der Waals surface area contributed by atoms with E-state index in [9.17, 15) is 0 Å². The maximum Gasteiger partial charge on any atom is 0.127 e. The van der Waals surface area contributed by atoms with Gasteiger partial charge in [-0.15, -0.1) is 11.8 Å². The summed E-state index contributed by atoms with van der Waals surface area (Å²) in [6.07, 6.45) is 1.95. The molecule has 0 saturated heterocycles. The van der Waals surface area contributed by atoms with E-state index in [1.165, 1.54) is 0 Å². The summed E-state index contributed by atoms with van der Waals surface area (Å²) in [6.45, 7) is 1.86. The number of hydrogen-bond acceptors (Lipinski definition) is 3. The van der Waals surface area contributed by atoms with Crippen LogP contribution in [0.1, 0.15) is 11.3 Å². The first-order valence-corrected chi connectivity index (χ1v) is 4.72. The van der Waals surface area contributed by atoms with E-state index in [0.717, 1.165) is 16.3 Å². The van der Waals surface area contributed by atoms with Crippen LogP contribution in [0.4, 0.5) is 0 Å². The van der Waals surface area contributed by atoms with Gasteiger partial charge in [-0.05, 0) is 13.2 Å². The van der Waals surface area contributed by atoms with Crippen LogP contribution in [0.3, 0.4) is 0 Å². The Morgan fingerprint density at radius 1 is 1.67 bits per heavy atom. The standard InChI is InChI=1S/C7H12N4S/c1-4-5(6(8)9)7(12-3)11(2)10-4/h1-3H3,(H3,8,9). The number of hydrogen-bond donors (Lipinski definition) is 2. The van der Waals surface area contributed by atoms with E-state index in [4.69, 9.17) is 11.1 Å². The number of aromatic nitrogens is 2. The van der Waals surface area contributed by atoms with Gasteiger partial charge in [-0.2, -0.15) is 5.10 Å². The van der Waals surface area contributed by atoms with Gasteiger partial charge in [-0.25, -0.2) is 0 Å². The predicted molar refractivity (Wildman–Crippen MR) is 50.7 cm³/mol. The van der Waals surface area contributed by atoms with Crippen molar-refractivity contribution < 1.29 is 0 Å². The van der Waals surface area contributed by atoms with Gasteiger partial charge in [0.2, 0.25) is 0 Å². The van der Waals surface area contributed by atoms with Crippen LogP contribution in [0.5, 0.6) is 0 Å². The summed E-state index contributed by atoms with van der Waals surface area (Å²) < 4.78 is 1.75. The third-order valence-electron chi connectivity index (χ3n) is 1.63. The van der Waals surface area contributed by atoms with Crippen LogP contribution in [0.2, 0.25) is 0 Å². The monoisotopic (exact) mass is 184 g/mol. The zero-order valence-corrected chi connectivity index (χ0v) is 8.20. The Kier molecular flexibility index (Phi) is 2.42. The molecule has 1 rings (SSSR count). The first kappa shape index (κ1) is 9.12. The van der Waals surface area contributed by atoms with Crippen molar-refractivity contribution in [2.45, 2.75) is 11.9 Å². The van der Waals surface area contributed by atoms with Gasteiger partial charge in [-0.3, -0.25) is 10.1 Å². The number of nitrogens with zero attached hydrogens (tertiary/aromatic N) is 2. The molecule has 1 aromatic heterocycles. The van der Waals surface area contributed by atoms with E-state index in [1.54, 1.807) is 16.4 Å². The van der Waals surface area contributed by atoms with Crippen LogP contribution in [-0.4, -0.2) is 21.9 Å². The molecule has 4 nitrogen and oxygen atoms in total. The normalized spacial score (nSPS) is 10.2. The molecule has 5 heteroatoms. The van der Waals surface area contributed by atoms with Crippen molar-refractivity contribution >= 4 is 17.6 Å². The van der Waals surface area contributed by atoms with E-state index in [-0.39, 0.29) is 5.84 Å². The van der Waals surface area contributed by atoms with E-state index in [0.29, 0.717) is 0 Å². The summed E-state index contributed by atoms with van der Waals surface area (Å²) in [7, 11) is 1.85. The fraction of sp³-hybridized carbons (Fsp3) is 0.429. The fourth-order valence-corrected chi connectivity index (χ4v) is 1.95. The van der Waals surface area contributed by atoms with Gasteiger partial charge in [0.25, 0.3) is 0 Å². The summed E-state index contributed by atoms with van der Waals surface area (Å²) in [6, 6.07) is 0. The molecule has 0 saturated carbocycles. The van der Waals surface area contributed by atoms with Crippen molar-refractivity contribution in [1.29, 1.82) is 5.41 Å². The van der Waals surface area contributed by atoms with Crippen LogP contribution in [0.25, 0.3) is 0 Å². The molecule has 3 N–H and O–H groups in total. The highest BCUT2D eigenvalue weighted by atomic mass is 32.2. The molecule has 0 aromatic carbocycles. The van der Waals surface area contributed by atoms with Gasteiger partial charge >= 0.3 is 0 Å². The summed E-state index contributed by atoms with van der Waals surface area (Å²) in [5.41, 5.74) is 6.99. The Hall–Kier alpha value is -0.970. The molecule has 0 unspecified atom stereocenters. The summed E-state index contributed by atoms with van der Waals surface area (Å²) in [4.78, 5) is 0. The van der Waals surface area contributed by atoms with Crippen LogP contribution in [0.15, 0.2) is 5.03 Å². The molecule has 0 aliphatic heterocycles. The molecule has 0 fully saturated rings. The third-order valence-corrected chi connectivity index (χ3v) is 2.49. The Morgan fingerprint density at radius 2 is 2.25 bits per heavy atom. The van der Waals surface area contributed by atoms with Gasteiger partial charge in [0.1, 0.15) is 10.9 Å². The smallest absolute Gasteiger partial charge is 0.127 e. The molecular formula is C7H12N4S. The number of amidine groups is 1. The van der Waals surface area contributed by atoms with E-state index in [1.807, 2.05) is 20.2 Å². The number of nitrogen functional groups attached to an aromatic ring is 1. The molecule has 0 amide bonds. The molecule has 1 aromatic rings. The lowest BCUT2D eigenvalue weighted by atomic mass is 10.2. The second-order valence-electron chi connectivity index (χ2n) is 2.51. The summed E-state index contributed by atoms with van der Waals surface area (Å²) >= 11 is 1.55. The average Bonchev–Trinajstić information content (AvgIpc) is 2.24. The number of nitrogens with one attached hydrogen (secondary N) is 1. The minimum atomic E-state index is 0.0879. The molecule has 1 heterocycles. The van der Waals surface area contributed by atoms with Crippen LogP contribution < -0.4 is 5.73 Å². The summed E-state index contributed by atoms with van der Waals surface area (Å²) in [5.74, 6) is 0.0879. The van der Waals surface area contributed by atoms with E-state index < -0.39 is 0 Å². The van der Waals surface area contributed by atoms with Gasteiger partial charge in [0.15, 0.2) is 0 Å². The maximum absolute atomic E-state index is 7.34. The van der Waals surface area contributed by atoms with Crippen molar-refractivity contribution in [3.63, 3.8) is 0 Å². The number of nitrogens with two attached hydrogens (primary N) is 1. The van der Waals surface area contributed by atoms with Gasteiger partial charge in [-0.1, -0.05) is 0 Å². The number of thioether (sulfide) groups is 1. The fourth-order valence-electron chi connectivity index (χ4n) is 1.18. The topological polar surface area (TPSA) is 67.7 Å². The Bertz CT molecular complexity index is 315. The Morgan fingerprint density at radius 3 is 2.58 bits per heavy atom. The van der Waals surface area contributed by atoms with Gasteiger partial charge < -0.3 is 5.73 Å². The molecule has 0 atom stereocenters. The zero-order valence-electron chi connectivity index (χ0n) is 7.38. The van der Waals surface area contributed by atoms with Crippen molar-refractivity contribution in [2.24, 2.45) is 12.8 Å². The molecule has 0 bridgehead atoms. The molecule has 12 heavy (non-hydrogen) atoms. The highest BCUT2D eigenvalue weighted by molar-refractivity contribution is 7.98. The summed E-state index contributed by atoms with van der Waals surface area (Å²) in [5, 5.41) is 12.5. The lowest BCUT2D eigenvalue weighted by molar-refractivity contribution is 0.692. The molecule has 66 valence electrons. The Balaban J connectivity index is 3.32. The number of rotatable bonds is 2. The second kappa shape index (κ2) is 3.18. The van der Waals surface area contributed by atoms with Crippen molar-refractivity contribution in [2.75, 3.05) is 6.26 Å². The SMILES string of the molecule is CSc1c(C(=N)N)c(C)nn1C. The van der Waals surface area contributed by atoms with E-state index in [2.05, 4.69) is 5.10 Å². The van der Waals surface area contributed by atoms with Crippen LogP contribution in [-0.2, 0) is 7.05 Å².